The fourth-order valence-corrected chi connectivity index (χ4v) is 2.08. The Morgan fingerprint density at radius 1 is 1.26 bits per heavy atom. The second kappa shape index (κ2) is 6.02. The van der Waals surface area contributed by atoms with E-state index < -0.39 is 0 Å². The van der Waals surface area contributed by atoms with Gasteiger partial charge < -0.3 is 10.5 Å². The highest BCUT2D eigenvalue weighted by molar-refractivity contribution is 5.87. The van der Waals surface area contributed by atoms with Crippen molar-refractivity contribution in [1.29, 1.82) is 0 Å². The van der Waals surface area contributed by atoms with E-state index >= 15 is 0 Å². The molecule has 0 spiro atoms. The summed E-state index contributed by atoms with van der Waals surface area (Å²) in [6.45, 7) is 7.06. The van der Waals surface area contributed by atoms with Crippen LogP contribution in [0.2, 0.25) is 0 Å². The summed E-state index contributed by atoms with van der Waals surface area (Å²) in [5.74, 6) is 1.34. The summed E-state index contributed by atoms with van der Waals surface area (Å²) in [4.78, 5) is 4.46. The molecule has 1 aromatic carbocycles. The van der Waals surface area contributed by atoms with Crippen molar-refractivity contribution >= 4 is 10.9 Å². The van der Waals surface area contributed by atoms with Crippen molar-refractivity contribution in [2.75, 3.05) is 6.61 Å². The lowest BCUT2D eigenvalue weighted by Crippen LogP contribution is -2.10. The first-order valence-corrected chi connectivity index (χ1v) is 6.89. The van der Waals surface area contributed by atoms with Crippen LogP contribution in [0.3, 0.4) is 0 Å². The summed E-state index contributed by atoms with van der Waals surface area (Å²) < 4.78 is 5.85. The molecule has 2 N–H and O–H groups in total. The van der Waals surface area contributed by atoms with Crippen LogP contribution in [-0.2, 0) is 0 Å². The molecule has 3 nitrogen and oxygen atoms in total. The van der Waals surface area contributed by atoms with E-state index in [1.807, 2.05) is 12.1 Å². The number of hydrogen-bond acceptors (Lipinski definition) is 3. The van der Waals surface area contributed by atoms with Crippen molar-refractivity contribution < 1.29 is 4.74 Å². The summed E-state index contributed by atoms with van der Waals surface area (Å²) in [5, 5.41) is 1.10. The highest BCUT2D eigenvalue weighted by atomic mass is 16.5. The third-order valence-corrected chi connectivity index (χ3v) is 3.18. The standard InChI is InChI=1S/C16H22N2O/c1-4-14(17)12-7-8-15(19-10-11(2)3)16-13(12)6-5-9-18-16/h5-9,11,14H,4,10,17H2,1-3H3. The molecule has 2 aromatic rings. The van der Waals surface area contributed by atoms with Gasteiger partial charge in [0, 0.05) is 17.6 Å². The SMILES string of the molecule is CCC(N)c1ccc(OCC(C)C)c2ncccc12. The number of hydrogen-bond donors (Lipinski definition) is 1. The lowest BCUT2D eigenvalue weighted by molar-refractivity contribution is 0.273. The fraction of sp³-hybridized carbons (Fsp3) is 0.438. The summed E-state index contributed by atoms with van der Waals surface area (Å²) in [6.07, 6.45) is 2.71. The molecule has 0 fully saturated rings. The summed E-state index contributed by atoms with van der Waals surface area (Å²) >= 11 is 0. The van der Waals surface area contributed by atoms with Gasteiger partial charge in [0.25, 0.3) is 0 Å². The number of ether oxygens (including phenoxy) is 1. The predicted octanol–water partition coefficient (Wildman–Crippen LogP) is 3.68. The highest BCUT2D eigenvalue weighted by Gasteiger charge is 2.12. The molecule has 2 rings (SSSR count). The van der Waals surface area contributed by atoms with Crippen LogP contribution in [0.25, 0.3) is 10.9 Å². The van der Waals surface area contributed by atoms with Crippen LogP contribution in [0.5, 0.6) is 5.75 Å². The van der Waals surface area contributed by atoms with E-state index in [4.69, 9.17) is 10.5 Å². The lowest BCUT2D eigenvalue weighted by Gasteiger charge is -2.16. The summed E-state index contributed by atoms with van der Waals surface area (Å²) in [7, 11) is 0. The molecule has 0 aliphatic carbocycles. The molecular formula is C16H22N2O. The van der Waals surface area contributed by atoms with E-state index in [1.165, 1.54) is 0 Å². The number of nitrogens with zero attached hydrogens (tertiary/aromatic N) is 1. The van der Waals surface area contributed by atoms with Gasteiger partial charge in [-0.15, -0.1) is 0 Å². The average molecular weight is 258 g/mol. The number of pyridine rings is 1. The van der Waals surface area contributed by atoms with Crippen molar-refractivity contribution in [2.24, 2.45) is 11.7 Å². The van der Waals surface area contributed by atoms with E-state index in [0.717, 1.165) is 28.6 Å². The minimum absolute atomic E-state index is 0.0471. The molecule has 102 valence electrons. The van der Waals surface area contributed by atoms with Crippen LogP contribution in [0.4, 0.5) is 0 Å². The van der Waals surface area contributed by atoms with Gasteiger partial charge in [0.15, 0.2) is 0 Å². The maximum atomic E-state index is 6.16. The molecule has 0 bridgehead atoms. The highest BCUT2D eigenvalue weighted by Crippen LogP contribution is 2.30. The molecular weight excluding hydrogens is 236 g/mol. The Kier molecular flexibility index (Phi) is 4.38. The van der Waals surface area contributed by atoms with Crippen LogP contribution in [0.15, 0.2) is 30.5 Å². The molecule has 0 aliphatic rings. The third-order valence-electron chi connectivity index (χ3n) is 3.18. The Balaban J connectivity index is 2.46. The Hall–Kier alpha value is -1.61. The minimum atomic E-state index is 0.0471. The van der Waals surface area contributed by atoms with Crippen LogP contribution in [0, 0.1) is 5.92 Å². The van der Waals surface area contributed by atoms with E-state index in [1.54, 1.807) is 6.20 Å². The van der Waals surface area contributed by atoms with E-state index in [2.05, 4.69) is 37.9 Å². The van der Waals surface area contributed by atoms with Gasteiger partial charge in [0.2, 0.25) is 0 Å². The number of benzene rings is 1. The lowest BCUT2D eigenvalue weighted by atomic mass is 10.00. The van der Waals surface area contributed by atoms with Gasteiger partial charge in [-0.25, -0.2) is 0 Å². The van der Waals surface area contributed by atoms with Gasteiger partial charge in [-0.05, 0) is 30.0 Å². The molecule has 19 heavy (non-hydrogen) atoms. The zero-order chi connectivity index (χ0) is 13.8. The van der Waals surface area contributed by atoms with Crippen molar-refractivity contribution in [1.82, 2.24) is 4.98 Å². The van der Waals surface area contributed by atoms with Gasteiger partial charge >= 0.3 is 0 Å². The fourth-order valence-electron chi connectivity index (χ4n) is 2.08. The van der Waals surface area contributed by atoms with Crippen molar-refractivity contribution in [3.8, 4) is 5.75 Å². The molecule has 0 saturated carbocycles. The summed E-state index contributed by atoms with van der Waals surface area (Å²) in [6, 6.07) is 8.11. The predicted molar refractivity (Wildman–Crippen MR) is 79.3 cm³/mol. The van der Waals surface area contributed by atoms with Crippen molar-refractivity contribution in [3.05, 3.63) is 36.0 Å². The molecule has 1 heterocycles. The maximum Gasteiger partial charge on any atom is 0.145 e. The van der Waals surface area contributed by atoms with Gasteiger partial charge in [0.1, 0.15) is 11.3 Å². The average Bonchev–Trinajstić information content (AvgIpc) is 2.43. The Bertz CT molecular complexity index is 551. The molecule has 1 aromatic heterocycles. The molecule has 0 aliphatic heterocycles. The quantitative estimate of drug-likeness (QED) is 0.890. The summed E-state index contributed by atoms with van der Waals surface area (Å²) in [5.41, 5.74) is 8.21. The van der Waals surface area contributed by atoms with Gasteiger partial charge in [0.05, 0.1) is 6.61 Å². The minimum Gasteiger partial charge on any atom is -0.491 e. The van der Waals surface area contributed by atoms with E-state index in [9.17, 15) is 0 Å². The number of aromatic nitrogens is 1. The second-order valence-electron chi connectivity index (χ2n) is 5.27. The van der Waals surface area contributed by atoms with Crippen molar-refractivity contribution in [2.45, 2.75) is 33.2 Å². The largest absolute Gasteiger partial charge is 0.491 e. The van der Waals surface area contributed by atoms with Crippen molar-refractivity contribution in [3.63, 3.8) is 0 Å². The molecule has 1 atom stereocenters. The zero-order valence-corrected chi connectivity index (χ0v) is 11.9. The Morgan fingerprint density at radius 2 is 2.05 bits per heavy atom. The van der Waals surface area contributed by atoms with Gasteiger partial charge in [-0.3, -0.25) is 4.98 Å². The molecule has 0 saturated heterocycles. The maximum absolute atomic E-state index is 6.16. The van der Waals surface area contributed by atoms with Gasteiger partial charge in [-0.2, -0.15) is 0 Å². The third kappa shape index (κ3) is 3.04. The number of fused-ring (bicyclic) bond motifs is 1. The van der Waals surface area contributed by atoms with Crippen LogP contribution < -0.4 is 10.5 Å². The molecule has 1 unspecified atom stereocenters. The molecule has 3 heteroatoms. The topological polar surface area (TPSA) is 48.1 Å². The van der Waals surface area contributed by atoms with Crippen LogP contribution in [0.1, 0.15) is 38.8 Å². The molecule has 0 radical (unpaired) electrons. The van der Waals surface area contributed by atoms with E-state index in [0.29, 0.717) is 12.5 Å². The first kappa shape index (κ1) is 13.8. The first-order chi connectivity index (χ1) is 9.13. The normalized spacial score (nSPS) is 12.9. The Labute approximate surface area is 114 Å². The number of nitrogens with two attached hydrogens (primary N) is 1. The molecule has 0 amide bonds. The van der Waals surface area contributed by atoms with Gasteiger partial charge in [-0.1, -0.05) is 32.9 Å². The monoisotopic (exact) mass is 258 g/mol. The first-order valence-electron chi connectivity index (χ1n) is 6.89. The zero-order valence-electron chi connectivity index (χ0n) is 11.9. The van der Waals surface area contributed by atoms with E-state index in [-0.39, 0.29) is 6.04 Å². The smallest absolute Gasteiger partial charge is 0.145 e. The second-order valence-corrected chi connectivity index (χ2v) is 5.27. The Morgan fingerprint density at radius 3 is 2.74 bits per heavy atom. The number of rotatable bonds is 5. The van der Waals surface area contributed by atoms with Crippen LogP contribution >= 0.6 is 0 Å². The van der Waals surface area contributed by atoms with Crippen LogP contribution in [-0.4, -0.2) is 11.6 Å².